The van der Waals surface area contributed by atoms with E-state index in [0.717, 1.165) is 6.54 Å². The van der Waals surface area contributed by atoms with Gasteiger partial charge in [-0.2, -0.15) is 0 Å². The van der Waals surface area contributed by atoms with E-state index in [1.807, 2.05) is 13.8 Å². The van der Waals surface area contributed by atoms with Crippen molar-refractivity contribution in [2.45, 2.75) is 52.7 Å². The standard InChI is InChI=1S/C12H25NO4S/c1-6-13-10(2)7-8-18(15,16)9-11(14)17-12(3,4)5/h10,13H,6-9H2,1-5H3. The molecule has 0 fully saturated rings. The molecule has 1 atom stereocenters. The van der Waals surface area contributed by atoms with Crippen LogP contribution in [0.5, 0.6) is 0 Å². The minimum atomic E-state index is -3.38. The third-order valence-corrected chi connectivity index (χ3v) is 3.71. The van der Waals surface area contributed by atoms with Gasteiger partial charge in [0, 0.05) is 6.04 Å². The van der Waals surface area contributed by atoms with Crippen molar-refractivity contribution in [2.75, 3.05) is 18.1 Å². The summed E-state index contributed by atoms with van der Waals surface area (Å²) in [5.41, 5.74) is -0.649. The Morgan fingerprint density at radius 3 is 2.33 bits per heavy atom. The molecule has 0 heterocycles. The molecule has 0 radical (unpaired) electrons. The number of nitrogens with one attached hydrogen (secondary N) is 1. The molecule has 6 heteroatoms. The van der Waals surface area contributed by atoms with E-state index < -0.39 is 27.2 Å². The second kappa shape index (κ2) is 7.09. The van der Waals surface area contributed by atoms with Gasteiger partial charge in [-0.3, -0.25) is 4.79 Å². The fourth-order valence-corrected chi connectivity index (χ4v) is 2.70. The van der Waals surface area contributed by atoms with E-state index >= 15 is 0 Å². The Morgan fingerprint density at radius 2 is 1.89 bits per heavy atom. The zero-order chi connectivity index (χ0) is 14.4. The molecule has 5 nitrogen and oxygen atoms in total. The molecule has 108 valence electrons. The smallest absolute Gasteiger partial charge is 0.321 e. The Balaban J connectivity index is 4.20. The lowest BCUT2D eigenvalue weighted by Gasteiger charge is -2.19. The fraction of sp³-hybridized carbons (Fsp3) is 0.917. The Morgan fingerprint density at radius 1 is 1.33 bits per heavy atom. The Hall–Kier alpha value is -0.620. The molecule has 0 saturated carbocycles. The molecule has 0 aliphatic rings. The van der Waals surface area contributed by atoms with Crippen molar-refractivity contribution in [1.29, 1.82) is 0 Å². The Bertz CT molecular complexity index is 357. The van der Waals surface area contributed by atoms with Crippen molar-refractivity contribution in [1.82, 2.24) is 5.32 Å². The second-order valence-corrected chi connectivity index (χ2v) is 7.61. The summed E-state index contributed by atoms with van der Waals surface area (Å²) in [5.74, 6) is -1.22. The van der Waals surface area contributed by atoms with Crippen LogP contribution in [0.25, 0.3) is 0 Å². The summed E-state index contributed by atoms with van der Waals surface area (Å²) in [4.78, 5) is 11.4. The highest BCUT2D eigenvalue weighted by molar-refractivity contribution is 7.92. The molecule has 0 bridgehead atoms. The normalized spacial score (nSPS) is 14.3. The van der Waals surface area contributed by atoms with E-state index in [9.17, 15) is 13.2 Å². The number of hydrogen-bond acceptors (Lipinski definition) is 5. The van der Waals surface area contributed by atoms with E-state index in [1.54, 1.807) is 20.8 Å². The molecule has 0 saturated heterocycles. The van der Waals surface area contributed by atoms with E-state index in [0.29, 0.717) is 6.42 Å². The number of rotatable bonds is 7. The molecular formula is C12H25NO4S. The largest absolute Gasteiger partial charge is 0.459 e. The average Bonchev–Trinajstić information content (AvgIpc) is 2.11. The highest BCUT2D eigenvalue weighted by atomic mass is 32.2. The topological polar surface area (TPSA) is 72.5 Å². The van der Waals surface area contributed by atoms with Crippen LogP contribution in [0.4, 0.5) is 0 Å². The quantitative estimate of drug-likeness (QED) is 0.707. The van der Waals surface area contributed by atoms with Crippen LogP contribution in [0.1, 0.15) is 41.0 Å². The summed E-state index contributed by atoms with van der Waals surface area (Å²) in [6.07, 6.45) is 0.499. The first-order valence-electron chi connectivity index (χ1n) is 6.21. The van der Waals surface area contributed by atoms with Crippen molar-refractivity contribution in [3.8, 4) is 0 Å². The average molecular weight is 279 g/mol. The predicted octanol–water partition coefficient (Wildman–Crippen LogP) is 1.13. The van der Waals surface area contributed by atoms with Crippen LogP contribution >= 0.6 is 0 Å². The minimum Gasteiger partial charge on any atom is -0.459 e. The number of carbonyl (C=O) groups is 1. The molecule has 0 aromatic carbocycles. The molecule has 0 amide bonds. The monoisotopic (exact) mass is 279 g/mol. The van der Waals surface area contributed by atoms with Crippen LogP contribution in [0.15, 0.2) is 0 Å². The first-order valence-corrected chi connectivity index (χ1v) is 8.03. The summed E-state index contributed by atoms with van der Waals surface area (Å²) in [7, 11) is -3.38. The van der Waals surface area contributed by atoms with E-state index in [4.69, 9.17) is 4.74 Å². The lowest BCUT2D eigenvalue weighted by atomic mass is 10.2. The maximum absolute atomic E-state index is 11.7. The summed E-state index contributed by atoms with van der Waals surface area (Å²) >= 11 is 0. The van der Waals surface area contributed by atoms with Gasteiger partial charge < -0.3 is 10.1 Å². The van der Waals surface area contributed by atoms with Gasteiger partial charge in [0.25, 0.3) is 0 Å². The zero-order valence-electron chi connectivity index (χ0n) is 11.9. The molecule has 0 aliphatic carbocycles. The van der Waals surface area contributed by atoms with E-state index in [2.05, 4.69) is 5.32 Å². The van der Waals surface area contributed by atoms with Gasteiger partial charge in [0.15, 0.2) is 9.84 Å². The summed E-state index contributed by atoms with van der Waals surface area (Å²) in [6, 6.07) is 0.128. The molecule has 18 heavy (non-hydrogen) atoms. The van der Waals surface area contributed by atoms with Gasteiger partial charge in [0.05, 0.1) is 5.75 Å². The predicted molar refractivity (Wildman–Crippen MR) is 72.3 cm³/mol. The maximum atomic E-state index is 11.7. The zero-order valence-corrected chi connectivity index (χ0v) is 12.8. The van der Waals surface area contributed by atoms with Gasteiger partial charge in [-0.05, 0) is 40.7 Å². The molecule has 0 aliphatic heterocycles. The van der Waals surface area contributed by atoms with Crippen LogP contribution in [0.2, 0.25) is 0 Å². The van der Waals surface area contributed by atoms with Gasteiger partial charge in [-0.25, -0.2) is 8.42 Å². The highest BCUT2D eigenvalue weighted by Gasteiger charge is 2.23. The molecule has 0 aromatic heterocycles. The van der Waals surface area contributed by atoms with Crippen LogP contribution in [0, 0.1) is 0 Å². The third-order valence-electron chi connectivity index (χ3n) is 2.17. The lowest BCUT2D eigenvalue weighted by molar-refractivity contribution is -0.151. The van der Waals surface area contributed by atoms with Gasteiger partial charge in [0.2, 0.25) is 0 Å². The number of esters is 1. The van der Waals surface area contributed by atoms with Crippen molar-refractivity contribution in [3.05, 3.63) is 0 Å². The number of sulfone groups is 1. The Kier molecular flexibility index (Phi) is 6.84. The van der Waals surface area contributed by atoms with Gasteiger partial charge in [-0.1, -0.05) is 6.92 Å². The summed E-state index contributed by atoms with van der Waals surface area (Å²) in [6.45, 7) is 9.83. The molecule has 0 aromatic rings. The first-order chi connectivity index (χ1) is 8.06. The SMILES string of the molecule is CCNC(C)CCS(=O)(=O)CC(=O)OC(C)(C)C. The summed E-state index contributed by atoms with van der Waals surface area (Å²) in [5, 5.41) is 3.13. The maximum Gasteiger partial charge on any atom is 0.321 e. The number of carbonyl (C=O) groups excluding carboxylic acids is 1. The molecule has 0 rings (SSSR count). The van der Waals surface area contributed by atoms with Crippen molar-refractivity contribution in [2.24, 2.45) is 0 Å². The Labute approximate surface area is 110 Å². The van der Waals surface area contributed by atoms with Crippen LogP contribution in [-0.2, 0) is 19.4 Å². The van der Waals surface area contributed by atoms with Crippen molar-refractivity contribution >= 4 is 15.8 Å². The lowest BCUT2D eigenvalue weighted by Crippen LogP contribution is -2.32. The van der Waals surface area contributed by atoms with Gasteiger partial charge >= 0.3 is 5.97 Å². The molecule has 0 spiro atoms. The number of ether oxygens (including phenoxy) is 1. The molecule has 1 N–H and O–H groups in total. The molecular weight excluding hydrogens is 254 g/mol. The minimum absolute atomic E-state index is 0.000406. The first kappa shape index (κ1) is 17.4. The van der Waals surface area contributed by atoms with Gasteiger partial charge in [-0.15, -0.1) is 0 Å². The van der Waals surface area contributed by atoms with Crippen LogP contribution in [0.3, 0.4) is 0 Å². The van der Waals surface area contributed by atoms with Crippen LogP contribution in [-0.4, -0.2) is 44.1 Å². The third kappa shape index (κ3) is 9.41. The van der Waals surface area contributed by atoms with E-state index in [-0.39, 0.29) is 11.8 Å². The van der Waals surface area contributed by atoms with Crippen LogP contribution < -0.4 is 5.32 Å². The number of hydrogen-bond donors (Lipinski definition) is 1. The van der Waals surface area contributed by atoms with Gasteiger partial charge in [0.1, 0.15) is 11.4 Å². The molecule has 1 unspecified atom stereocenters. The highest BCUT2D eigenvalue weighted by Crippen LogP contribution is 2.08. The van der Waals surface area contributed by atoms with Crippen molar-refractivity contribution in [3.63, 3.8) is 0 Å². The van der Waals surface area contributed by atoms with E-state index in [1.165, 1.54) is 0 Å². The fourth-order valence-electron chi connectivity index (χ4n) is 1.43. The van der Waals surface area contributed by atoms with Crippen molar-refractivity contribution < 1.29 is 17.9 Å². The summed E-state index contributed by atoms with van der Waals surface area (Å²) < 4.78 is 28.4. The second-order valence-electron chi connectivity index (χ2n) is 5.43.